The van der Waals surface area contributed by atoms with Crippen molar-refractivity contribution in [2.45, 2.75) is 25.3 Å². The van der Waals surface area contributed by atoms with E-state index in [4.69, 9.17) is 26.8 Å². The Bertz CT molecular complexity index is 670. The lowest BCUT2D eigenvalue weighted by Crippen LogP contribution is -2.51. The number of amides is 2. The number of rotatable bonds is 6. The van der Waals surface area contributed by atoms with Gasteiger partial charge in [0.15, 0.2) is 13.2 Å². The highest BCUT2D eigenvalue weighted by Crippen LogP contribution is 2.24. The van der Waals surface area contributed by atoms with Crippen molar-refractivity contribution in [3.05, 3.63) is 29.0 Å². The lowest BCUT2D eigenvalue weighted by Gasteiger charge is -2.33. The molecule has 1 heterocycles. The van der Waals surface area contributed by atoms with Crippen molar-refractivity contribution >= 4 is 29.4 Å². The maximum Gasteiger partial charge on any atom is 0.344 e. The summed E-state index contributed by atoms with van der Waals surface area (Å²) >= 11 is 5.77. The second kappa shape index (κ2) is 8.66. The number of esters is 1. The zero-order valence-electron chi connectivity index (χ0n) is 13.4. The van der Waals surface area contributed by atoms with Gasteiger partial charge in [0.05, 0.1) is 5.02 Å². The van der Waals surface area contributed by atoms with Crippen molar-refractivity contribution < 1.29 is 28.2 Å². The van der Waals surface area contributed by atoms with Crippen molar-refractivity contribution in [1.82, 2.24) is 4.90 Å². The molecule has 1 aromatic rings. The number of likely N-dealkylation sites (tertiary alicyclic amines) is 1. The van der Waals surface area contributed by atoms with E-state index < -0.39 is 42.9 Å². The monoisotopic (exact) mass is 372 g/mol. The molecule has 1 atom stereocenters. The van der Waals surface area contributed by atoms with Crippen molar-refractivity contribution in [2.24, 2.45) is 5.73 Å². The number of halogens is 2. The van der Waals surface area contributed by atoms with Crippen molar-refractivity contribution in [1.29, 1.82) is 0 Å². The van der Waals surface area contributed by atoms with Gasteiger partial charge in [0.1, 0.15) is 17.6 Å². The van der Waals surface area contributed by atoms with Crippen LogP contribution in [0, 0.1) is 5.82 Å². The predicted octanol–water partition coefficient (Wildman–Crippen LogP) is 1.27. The Labute approximate surface area is 148 Å². The Morgan fingerprint density at radius 2 is 2.04 bits per heavy atom. The van der Waals surface area contributed by atoms with Gasteiger partial charge in [0, 0.05) is 6.54 Å². The van der Waals surface area contributed by atoms with Crippen LogP contribution in [0.5, 0.6) is 5.75 Å². The predicted molar refractivity (Wildman–Crippen MR) is 86.4 cm³/mol. The third-order valence-corrected chi connectivity index (χ3v) is 4.04. The van der Waals surface area contributed by atoms with Crippen LogP contribution in [0.25, 0.3) is 0 Å². The number of piperidine rings is 1. The minimum atomic E-state index is -0.790. The molecule has 1 saturated heterocycles. The van der Waals surface area contributed by atoms with Gasteiger partial charge < -0.3 is 20.1 Å². The van der Waals surface area contributed by atoms with E-state index in [0.717, 1.165) is 25.0 Å². The number of hydrogen-bond acceptors (Lipinski definition) is 5. The average Bonchev–Trinajstić information content (AvgIpc) is 2.58. The average molecular weight is 373 g/mol. The zero-order chi connectivity index (χ0) is 18.4. The lowest BCUT2D eigenvalue weighted by molar-refractivity contribution is -0.156. The number of benzene rings is 1. The highest BCUT2D eigenvalue weighted by Gasteiger charge is 2.30. The highest BCUT2D eigenvalue weighted by molar-refractivity contribution is 6.32. The van der Waals surface area contributed by atoms with Crippen molar-refractivity contribution in [3.63, 3.8) is 0 Å². The van der Waals surface area contributed by atoms with Gasteiger partial charge in [-0.3, -0.25) is 9.59 Å². The van der Waals surface area contributed by atoms with E-state index in [1.54, 1.807) is 0 Å². The molecule has 1 aliphatic heterocycles. The minimum Gasteiger partial charge on any atom is -0.480 e. The fraction of sp³-hybridized carbons (Fsp3) is 0.438. The molecule has 25 heavy (non-hydrogen) atoms. The van der Waals surface area contributed by atoms with Gasteiger partial charge in [-0.25, -0.2) is 9.18 Å². The van der Waals surface area contributed by atoms with Gasteiger partial charge in [-0.2, -0.15) is 0 Å². The molecule has 0 aliphatic carbocycles. The van der Waals surface area contributed by atoms with Gasteiger partial charge in [0.2, 0.25) is 5.91 Å². The molecule has 0 saturated carbocycles. The zero-order valence-corrected chi connectivity index (χ0v) is 14.1. The molecule has 9 heteroatoms. The molecule has 2 N–H and O–H groups in total. The van der Waals surface area contributed by atoms with E-state index in [2.05, 4.69) is 0 Å². The molecule has 1 aliphatic rings. The van der Waals surface area contributed by atoms with Crippen LogP contribution in [0.4, 0.5) is 4.39 Å². The van der Waals surface area contributed by atoms with Gasteiger partial charge >= 0.3 is 5.97 Å². The maximum atomic E-state index is 12.9. The van der Waals surface area contributed by atoms with E-state index in [-0.39, 0.29) is 10.8 Å². The number of carbonyl (C=O) groups excluding carboxylic acids is 3. The van der Waals surface area contributed by atoms with Crippen LogP contribution in [0.3, 0.4) is 0 Å². The summed E-state index contributed by atoms with van der Waals surface area (Å²) < 4.78 is 22.9. The first-order valence-electron chi connectivity index (χ1n) is 7.70. The van der Waals surface area contributed by atoms with Crippen LogP contribution >= 0.6 is 11.6 Å². The molecular formula is C16H18ClFN2O5. The molecule has 2 amide bonds. The number of hydrogen-bond donors (Lipinski definition) is 1. The summed E-state index contributed by atoms with van der Waals surface area (Å²) in [6.45, 7) is -0.604. The second-order valence-corrected chi connectivity index (χ2v) is 5.93. The summed E-state index contributed by atoms with van der Waals surface area (Å²) in [7, 11) is 0. The summed E-state index contributed by atoms with van der Waals surface area (Å²) in [4.78, 5) is 36.5. The number of carbonyl (C=O) groups is 3. The lowest BCUT2D eigenvalue weighted by atomic mass is 10.0. The third kappa shape index (κ3) is 5.32. The van der Waals surface area contributed by atoms with Gasteiger partial charge in [0.25, 0.3) is 5.91 Å². The van der Waals surface area contributed by atoms with Crippen LogP contribution in [0.15, 0.2) is 18.2 Å². The van der Waals surface area contributed by atoms with E-state index >= 15 is 0 Å². The quantitative estimate of drug-likeness (QED) is 0.758. The van der Waals surface area contributed by atoms with E-state index in [1.165, 1.54) is 11.0 Å². The summed E-state index contributed by atoms with van der Waals surface area (Å²) in [5, 5.41) is 0.0153. The molecule has 7 nitrogen and oxygen atoms in total. The van der Waals surface area contributed by atoms with Crippen LogP contribution in [-0.2, 0) is 19.1 Å². The smallest absolute Gasteiger partial charge is 0.344 e. The van der Waals surface area contributed by atoms with E-state index in [9.17, 15) is 18.8 Å². The number of nitrogens with zero attached hydrogens (tertiary/aromatic N) is 1. The van der Waals surface area contributed by atoms with Gasteiger partial charge in [-0.05, 0) is 37.5 Å². The summed E-state index contributed by atoms with van der Waals surface area (Å²) in [5.41, 5.74) is 5.29. The molecule has 1 aromatic carbocycles. The summed E-state index contributed by atoms with van der Waals surface area (Å²) in [6.07, 6.45) is 2.07. The molecule has 0 aromatic heterocycles. The first-order valence-corrected chi connectivity index (χ1v) is 8.08. The summed E-state index contributed by atoms with van der Waals surface area (Å²) in [6, 6.07) is 2.79. The van der Waals surface area contributed by atoms with Crippen LogP contribution in [0.2, 0.25) is 5.02 Å². The first kappa shape index (κ1) is 19.0. The Balaban J connectivity index is 1.80. The minimum absolute atomic E-state index is 0.0153. The Morgan fingerprint density at radius 1 is 1.28 bits per heavy atom. The Kier molecular flexibility index (Phi) is 6.58. The van der Waals surface area contributed by atoms with Crippen molar-refractivity contribution in [3.8, 4) is 5.75 Å². The molecule has 1 fully saturated rings. The van der Waals surface area contributed by atoms with Gasteiger partial charge in [-0.15, -0.1) is 0 Å². The highest BCUT2D eigenvalue weighted by atomic mass is 35.5. The standard InChI is InChI=1S/C16H18ClFN2O5/c17-11-7-10(18)4-5-13(11)24-9-15(22)25-8-14(21)20-6-2-1-3-12(20)16(19)23/h4-5,7,12H,1-3,6,8-9H2,(H2,19,23)/t12-/m0/s1. The Hall–Kier alpha value is -2.35. The first-order chi connectivity index (χ1) is 11.9. The molecule has 0 radical (unpaired) electrons. The third-order valence-electron chi connectivity index (χ3n) is 3.75. The van der Waals surface area contributed by atoms with Gasteiger partial charge in [-0.1, -0.05) is 11.6 Å². The second-order valence-electron chi connectivity index (χ2n) is 5.53. The van der Waals surface area contributed by atoms with Crippen molar-refractivity contribution in [2.75, 3.05) is 19.8 Å². The largest absolute Gasteiger partial charge is 0.480 e. The van der Waals surface area contributed by atoms with E-state index in [1.807, 2.05) is 0 Å². The molecule has 136 valence electrons. The number of nitrogens with two attached hydrogens (primary N) is 1. The fourth-order valence-electron chi connectivity index (χ4n) is 2.52. The molecule has 0 unspecified atom stereocenters. The molecule has 0 bridgehead atoms. The fourth-order valence-corrected chi connectivity index (χ4v) is 2.74. The summed E-state index contributed by atoms with van der Waals surface area (Å²) in [5.74, 6) is -2.26. The van der Waals surface area contributed by atoms with Crippen LogP contribution < -0.4 is 10.5 Å². The SMILES string of the molecule is NC(=O)[C@@H]1CCCCN1C(=O)COC(=O)COc1ccc(F)cc1Cl. The molecule has 2 rings (SSSR count). The van der Waals surface area contributed by atoms with Crippen LogP contribution in [0.1, 0.15) is 19.3 Å². The Morgan fingerprint density at radius 3 is 2.72 bits per heavy atom. The normalized spacial score (nSPS) is 17.0. The number of primary amides is 1. The van der Waals surface area contributed by atoms with Crippen LogP contribution in [-0.4, -0.2) is 48.5 Å². The molecule has 0 spiro atoms. The topological polar surface area (TPSA) is 98.9 Å². The maximum absolute atomic E-state index is 12.9. The van der Waals surface area contributed by atoms with E-state index in [0.29, 0.717) is 13.0 Å². The number of ether oxygens (including phenoxy) is 2. The molecular weight excluding hydrogens is 355 g/mol.